The number of carboxylic acids is 1. The van der Waals surface area contributed by atoms with Gasteiger partial charge in [-0.15, -0.1) is 0 Å². The summed E-state index contributed by atoms with van der Waals surface area (Å²) >= 11 is 0. The number of rotatable bonds is 4. The van der Waals surface area contributed by atoms with E-state index in [9.17, 15) is 24.3 Å². The maximum absolute atomic E-state index is 12.6. The first-order chi connectivity index (χ1) is 13.9. The fourth-order valence-corrected chi connectivity index (χ4v) is 4.35. The number of carbonyl (C=O) groups excluding carboxylic acids is 3. The number of hydrogen-bond acceptors (Lipinski definition) is 6. The van der Waals surface area contributed by atoms with Gasteiger partial charge in [-0.05, 0) is 23.3 Å². The number of benzene rings is 2. The van der Waals surface area contributed by atoms with E-state index < -0.39 is 47.2 Å². The van der Waals surface area contributed by atoms with Crippen molar-refractivity contribution in [2.75, 3.05) is 7.11 Å². The van der Waals surface area contributed by atoms with E-state index in [1.807, 2.05) is 0 Å². The van der Waals surface area contributed by atoms with E-state index in [2.05, 4.69) is 15.4 Å². The van der Waals surface area contributed by atoms with Gasteiger partial charge in [0.05, 0.1) is 24.5 Å². The second-order valence-electron chi connectivity index (χ2n) is 7.07. The van der Waals surface area contributed by atoms with Gasteiger partial charge in [-0.25, -0.2) is 9.59 Å². The Balaban J connectivity index is 1.83. The van der Waals surface area contributed by atoms with Crippen molar-refractivity contribution in [3.63, 3.8) is 0 Å². The van der Waals surface area contributed by atoms with Crippen molar-refractivity contribution in [3.8, 4) is 0 Å². The number of imide groups is 1. The van der Waals surface area contributed by atoms with E-state index in [1.54, 1.807) is 42.5 Å². The maximum atomic E-state index is 12.6. The molecule has 2 fully saturated rings. The summed E-state index contributed by atoms with van der Waals surface area (Å²) in [5, 5.41) is 15.5. The minimum Gasteiger partial charge on any atom is -0.480 e. The molecule has 0 aliphatic carbocycles. The number of carboxylic acid groups (broad SMARTS) is 1. The summed E-state index contributed by atoms with van der Waals surface area (Å²) in [6.45, 7) is 0. The summed E-state index contributed by atoms with van der Waals surface area (Å²) in [4.78, 5) is 49.3. The molecule has 29 heavy (non-hydrogen) atoms. The molecule has 2 saturated heterocycles. The Morgan fingerprint density at radius 3 is 2.24 bits per heavy atom. The van der Waals surface area contributed by atoms with Crippen LogP contribution >= 0.6 is 0 Å². The number of aliphatic carboxylic acids is 1. The predicted octanol–water partition coefficient (Wildman–Crippen LogP) is 0.986. The standard InChI is InChI=1S/C21H18N2O6/c1-29-19(26)12-9-7-11(8-10-12)16-14-15(18(25)22-17(14)24)21(23-16,20(27)28)13-5-3-2-4-6-13/h2-10,14-16,23H,1H3,(H,27,28)(H,22,24,25). The molecule has 4 atom stereocenters. The number of amides is 2. The van der Waals surface area contributed by atoms with E-state index >= 15 is 0 Å². The van der Waals surface area contributed by atoms with Crippen molar-refractivity contribution >= 4 is 23.8 Å². The second kappa shape index (κ2) is 6.82. The number of methoxy groups -OCH3 is 1. The van der Waals surface area contributed by atoms with Gasteiger partial charge < -0.3 is 9.84 Å². The molecule has 0 aromatic heterocycles. The molecule has 148 valence electrons. The van der Waals surface area contributed by atoms with E-state index in [0.717, 1.165) is 0 Å². The number of nitrogens with one attached hydrogen (secondary N) is 2. The van der Waals surface area contributed by atoms with Gasteiger partial charge in [0.15, 0.2) is 5.54 Å². The Labute approximate surface area is 165 Å². The molecule has 2 aliphatic heterocycles. The fourth-order valence-electron chi connectivity index (χ4n) is 4.35. The van der Waals surface area contributed by atoms with Crippen LogP contribution in [-0.4, -0.2) is 36.0 Å². The molecule has 4 unspecified atom stereocenters. The molecule has 2 aromatic rings. The summed E-state index contributed by atoms with van der Waals surface area (Å²) in [6, 6.07) is 14.0. The molecule has 2 amide bonds. The Bertz CT molecular complexity index is 1000. The predicted molar refractivity (Wildman–Crippen MR) is 99.5 cm³/mol. The van der Waals surface area contributed by atoms with E-state index in [0.29, 0.717) is 16.7 Å². The van der Waals surface area contributed by atoms with E-state index in [4.69, 9.17) is 0 Å². The first-order valence-corrected chi connectivity index (χ1v) is 8.99. The van der Waals surface area contributed by atoms with Crippen LogP contribution < -0.4 is 10.6 Å². The molecular formula is C21H18N2O6. The van der Waals surface area contributed by atoms with Gasteiger partial charge >= 0.3 is 11.9 Å². The lowest BCUT2D eigenvalue weighted by Crippen LogP contribution is -2.52. The Morgan fingerprint density at radius 2 is 1.66 bits per heavy atom. The highest BCUT2D eigenvalue weighted by atomic mass is 16.5. The van der Waals surface area contributed by atoms with Crippen LogP contribution in [0.4, 0.5) is 0 Å². The topological polar surface area (TPSA) is 122 Å². The smallest absolute Gasteiger partial charge is 0.337 e. The number of carbonyl (C=O) groups is 4. The molecule has 2 heterocycles. The molecule has 0 bridgehead atoms. The second-order valence-corrected chi connectivity index (χ2v) is 7.07. The highest BCUT2D eigenvalue weighted by Crippen LogP contribution is 2.50. The zero-order valence-electron chi connectivity index (χ0n) is 15.4. The van der Waals surface area contributed by atoms with Gasteiger partial charge in [0, 0.05) is 6.04 Å². The number of fused-ring (bicyclic) bond motifs is 1. The average molecular weight is 394 g/mol. The third kappa shape index (κ3) is 2.72. The Kier molecular flexibility index (Phi) is 4.43. The molecule has 3 N–H and O–H groups in total. The monoisotopic (exact) mass is 394 g/mol. The quantitative estimate of drug-likeness (QED) is 0.522. The molecule has 0 saturated carbocycles. The first-order valence-electron chi connectivity index (χ1n) is 8.99. The summed E-state index contributed by atoms with van der Waals surface area (Å²) in [7, 11) is 1.27. The van der Waals surface area contributed by atoms with Crippen LogP contribution in [0.3, 0.4) is 0 Å². The lowest BCUT2D eigenvalue weighted by atomic mass is 9.75. The molecule has 4 rings (SSSR count). The zero-order valence-corrected chi connectivity index (χ0v) is 15.4. The molecular weight excluding hydrogens is 376 g/mol. The molecule has 0 radical (unpaired) electrons. The number of ether oxygens (including phenoxy) is 1. The van der Waals surface area contributed by atoms with Gasteiger partial charge in [-0.2, -0.15) is 0 Å². The van der Waals surface area contributed by atoms with Crippen LogP contribution in [-0.2, 0) is 24.7 Å². The van der Waals surface area contributed by atoms with Gasteiger partial charge in [-0.1, -0.05) is 42.5 Å². The van der Waals surface area contributed by atoms with Crippen molar-refractivity contribution in [1.82, 2.24) is 10.6 Å². The third-order valence-corrected chi connectivity index (χ3v) is 5.66. The summed E-state index contributed by atoms with van der Waals surface area (Å²) in [5.74, 6) is -4.90. The summed E-state index contributed by atoms with van der Waals surface area (Å²) in [6.07, 6.45) is 0. The van der Waals surface area contributed by atoms with Gasteiger partial charge in [0.1, 0.15) is 0 Å². The van der Waals surface area contributed by atoms with Gasteiger partial charge in [-0.3, -0.25) is 20.2 Å². The van der Waals surface area contributed by atoms with Crippen LogP contribution in [0.2, 0.25) is 0 Å². The summed E-state index contributed by atoms with van der Waals surface area (Å²) in [5.41, 5.74) is -0.448. The summed E-state index contributed by atoms with van der Waals surface area (Å²) < 4.78 is 4.68. The van der Waals surface area contributed by atoms with Crippen LogP contribution in [0, 0.1) is 11.8 Å². The maximum Gasteiger partial charge on any atom is 0.337 e. The van der Waals surface area contributed by atoms with Crippen LogP contribution in [0.5, 0.6) is 0 Å². The Morgan fingerprint density at radius 1 is 1.00 bits per heavy atom. The lowest BCUT2D eigenvalue weighted by molar-refractivity contribution is -0.149. The van der Waals surface area contributed by atoms with E-state index in [1.165, 1.54) is 19.2 Å². The minimum atomic E-state index is -1.76. The molecule has 2 aromatic carbocycles. The van der Waals surface area contributed by atoms with Crippen molar-refractivity contribution < 1.29 is 29.0 Å². The number of hydrogen-bond donors (Lipinski definition) is 3. The van der Waals surface area contributed by atoms with E-state index in [-0.39, 0.29) is 0 Å². The van der Waals surface area contributed by atoms with Crippen molar-refractivity contribution in [3.05, 3.63) is 71.3 Å². The van der Waals surface area contributed by atoms with Crippen molar-refractivity contribution in [2.24, 2.45) is 11.8 Å². The average Bonchev–Trinajstić information content (AvgIpc) is 3.25. The largest absolute Gasteiger partial charge is 0.480 e. The van der Waals surface area contributed by atoms with Gasteiger partial charge in [0.2, 0.25) is 11.8 Å². The Hall–Kier alpha value is -3.52. The fraction of sp³-hybridized carbons (Fsp3) is 0.238. The molecule has 8 heteroatoms. The first kappa shape index (κ1) is 18.8. The molecule has 2 aliphatic rings. The van der Waals surface area contributed by atoms with Crippen molar-refractivity contribution in [2.45, 2.75) is 11.6 Å². The van der Waals surface area contributed by atoms with Gasteiger partial charge in [0.25, 0.3) is 0 Å². The SMILES string of the molecule is COC(=O)c1ccc(C2NC(C(=O)O)(c3ccccc3)C3C(=O)NC(=O)C23)cc1. The number of esters is 1. The van der Waals surface area contributed by atoms with Crippen LogP contribution in [0.25, 0.3) is 0 Å². The van der Waals surface area contributed by atoms with Crippen LogP contribution in [0.1, 0.15) is 27.5 Å². The van der Waals surface area contributed by atoms with Crippen LogP contribution in [0.15, 0.2) is 54.6 Å². The molecule has 8 nitrogen and oxygen atoms in total. The minimum absolute atomic E-state index is 0.324. The van der Waals surface area contributed by atoms with Crippen molar-refractivity contribution in [1.29, 1.82) is 0 Å². The highest BCUT2D eigenvalue weighted by molar-refractivity contribution is 6.09. The zero-order chi connectivity index (χ0) is 20.8. The highest BCUT2D eigenvalue weighted by Gasteiger charge is 2.67. The molecule has 0 spiro atoms. The lowest BCUT2D eigenvalue weighted by Gasteiger charge is -2.30. The third-order valence-electron chi connectivity index (χ3n) is 5.66. The normalized spacial score (nSPS) is 28.0.